The molecule has 1 unspecified atom stereocenters. The van der Waals surface area contributed by atoms with Crippen LogP contribution in [0, 0.1) is 5.82 Å². The molecule has 0 bridgehead atoms. The van der Waals surface area contributed by atoms with Crippen LogP contribution < -0.4 is 4.90 Å². The van der Waals surface area contributed by atoms with Crippen molar-refractivity contribution in [2.45, 2.75) is 38.3 Å². The van der Waals surface area contributed by atoms with Crippen molar-refractivity contribution in [1.29, 1.82) is 0 Å². The van der Waals surface area contributed by atoms with E-state index in [-0.39, 0.29) is 6.07 Å². The summed E-state index contributed by atoms with van der Waals surface area (Å²) in [5.74, 6) is -2.32. The van der Waals surface area contributed by atoms with E-state index >= 15 is 0 Å². The smallest absolute Gasteiger partial charge is 0.327 e. The van der Waals surface area contributed by atoms with E-state index in [4.69, 9.17) is 0 Å². The Morgan fingerprint density at radius 2 is 1.40 bits per heavy atom. The third-order valence-corrected chi connectivity index (χ3v) is 7.20. The summed E-state index contributed by atoms with van der Waals surface area (Å²) in [5.41, 5.74) is -1.87. The maximum atomic E-state index is 14.1. The van der Waals surface area contributed by atoms with Crippen LogP contribution in [0.15, 0.2) is 85.1 Å². The fraction of sp³-hybridized carbons (Fsp3) is 0.226. The minimum Gasteiger partial charge on any atom is -0.327 e. The van der Waals surface area contributed by atoms with Crippen molar-refractivity contribution in [3.05, 3.63) is 119 Å². The second kappa shape index (κ2) is 10.9. The number of para-hydroxylation sites is 2. The largest absolute Gasteiger partial charge is 0.416 e. The molecule has 1 aliphatic rings. The average Bonchev–Trinajstić information content (AvgIpc) is 3.44. The summed E-state index contributed by atoms with van der Waals surface area (Å²) in [4.78, 5) is 30.0. The van der Waals surface area contributed by atoms with Crippen molar-refractivity contribution in [1.82, 2.24) is 9.47 Å². The van der Waals surface area contributed by atoms with Crippen LogP contribution in [0.4, 0.5) is 36.4 Å². The van der Waals surface area contributed by atoms with Crippen LogP contribution in [0.2, 0.25) is 0 Å². The molecule has 43 heavy (non-hydrogen) atoms. The van der Waals surface area contributed by atoms with Crippen molar-refractivity contribution >= 4 is 17.5 Å². The molecule has 1 atom stereocenters. The lowest BCUT2D eigenvalue weighted by atomic mass is 9.97. The van der Waals surface area contributed by atoms with Crippen molar-refractivity contribution < 1.29 is 40.3 Å². The molecular formula is C31H24F7N3O2. The highest BCUT2D eigenvalue weighted by molar-refractivity contribution is 6.03. The molecule has 0 aliphatic carbocycles. The molecule has 2 heterocycles. The van der Waals surface area contributed by atoms with E-state index in [2.05, 4.69) is 0 Å². The highest BCUT2D eigenvalue weighted by atomic mass is 19.4. The minimum absolute atomic E-state index is 0.0608. The Labute approximate surface area is 241 Å². The van der Waals surface area contributed by atoms with Gasteiger partial charge in [-0.1, -0.05) is 24.3 Å². The summed E-state index contributed by atoms with van der Waals surface area (Å²) in [6.45, 7) is 2.33. The van der Waals surface area contributed by atoms with Crippen molar-refractivity contribution in [2.24, 2.45) is 0 Å². The minimum atomic E-state index is -5.15. The van der Waals surface area contributed by atoms with Crippen molar-refractivity contribution in [3.63, 3.8) is 0 Å². The first-order valence-corrected chi connectivity index (χ1v) is 13.1. The van der Waals surface area contributed by atoms with Crippen molar-refractivity contribution in [3.8, 4) is 5.69 Å². The molecule has 5 rings (SSSR count). The summed E-state index contributed by atoms with van der Waals surface area (Å²) in [5, 5.41) is 0. The average molecular weight is 604 g/mol. The fourth-order valence-corrected chi connectivity index (χ4v) is 5.18. The lowest BCUT2D eigenvalue weighted by Gasteiger charge is -2.40. The number of alkyl halides is 6. The molecule has 1 aliphatic heterocycles. The molecule has 0 saturated heterocycles. The Bertz CT molecular complexity index is 1640. The second-order valence-electron chi connectivity index (χ2n) is 10.3. The van der Waals surface area contributed by atoms with Crippen LogP contribution in [0.1, 0.15) is 52.6 Å². The van der Waals surface area contributed by atoms with E-state index in [9.17, 15) is 40.3 Å². The fourth-order valence-electron chi connectivity index (χ4n) is 5.18. The number of carbonyl (C=O) groups is 2. The second-order valence-corrected chi connectivity index (χ2v) is 10.3. The van der Waals surface area contributed by atoms with Crippen LogP contribution in [0.25, 0.3) is 5.69 Å². The van der Waals surface area contributed by atoms with Gasteiger partial charge >= 0.3 is 12.4 Å². The number of rotatable bonds is 5. The van der Waals surface area contributed by atoms with E-state index < -0.39 is 65.3 Å². The molecule has 0 radical (unpaired) electrons. The molecular weight excluding hydrogens is 579 g/mol. The van der Waals surface area contributed by atoms with Gasteiger partial charge in [-0.3, -0.25) is 14.5 Å². The van der Waals surface area contributed by atoms with Crippen LogP contribution >= 0.6 is 0 Å². The first-order chi connectivity index (χ1) is 20.2. The normalized spacial score (nSPS) is 14.8. The van der Waals surface area contributed by atoms with Crippen molar-refractivity contribution in [2.75, 3.05) is 11.4 Å². The topological polar surface area (TPSA) is 45.6 Å². The van der Waals surface area contributed by atoms with Gasteiger partial charge in [0, 0.05) is 17.8 Å². The molecule has 12 heteroatoms. The Balaban J connectivity index is 1.57. The number of anilines is 1. The molecule has 224 valence electrons. The van der Waals surface area contributed by atoms with Gasteiger partial charge in [-0.15, -0.1) is 0 Å². The maximum Gasteiger partial charge on any atom is 0.416 e. The van der Waals surface area contributed by atoms with E-state index in [0.29, 0.717) is 34.8 Å². The predicted octanol–water partition coefficient (Wildman–Crippen LogP) is 7.64. The van der Waals surface area contributed by atoms with Gasteiger partial charge < -0.3 is 9.47 Å². The van der Waals surface area contributed by atoms with Gasteiger partial charge in [0.25, 0.3) is 5.91 Å². The van der Waals surface area contributed by atoms with Crippen LogP contribution in [0.3, 0.4) is 0 Å². The summed E-state index contributed by atoms with van der Waals surface area (Å²) >= 11 is 0. The number of amides is 2. The molecule has 0 N–H and O–H groups in total. The first kappa shape index (κ1) is 29.9. The number of benzene rings is 3. The van der Waals surface area contributed by atoms with Gasteiger partial charge in [0.2, 0.25) is 5.91 Å². The number of hydrogen-bond donors (Lipinski definition) is 0. The lowest BCUT2D eigenvalue weighted by molar-refractivity contribution is -0.143. The molecule has 5 nitrogen and oxygen atoms in total. The standard InChI is InChI=1S/C31H24F7N3O2/c1-18(2)40(29(43)20-14-21(30(33,34)35)16-22(15-20)31(36,37)38)17-27(42)41-25-7-4-3-6-24(25)39-13-5-8-26(39)28(41)19-9-11-23(32)12-10-19/h3-16,18,28H,17H2,1-2H3. The molecule has 2 amide bonds. The lowest BCUT2D eigenvalue weighted by Crippen LogP contribution is -2.48. The molecule has 4 aromatic rings. The summed E-state index contributed by atoms with van der Waals surface area (Å²) in [7, 11) is 0. The van der Waals surface area contributed by atoms with E-state index in [1.165, 1.54) is 43.0 Å². The summed E-state index contributed by atoms with van der Waals surface area (Å²) < 4.78 is 96.7. The summed E-state index contributed by atoms with van der Waals surface area (Å²) in [6, 6.07) is 15.0. The number of fused-ring (bicyclic) bond motifs is 3. The number of aromatic nitrogens is 1. The Morgan fingerprint density at radius 1 is 0.814 bits per heavy atom. The molecule has 0 spiro atoms. The molecule has 0 saturated carbocycles. The molecule has 1 aromatic heterocycles. The van der Waals surface area contributed by atoms with Gasteiger partial charge in [-0.25, -0.2) is 4.39 Å². The quantitative estimate of drug-likeness (QED) is 0.220. The van der Waals surface area contributed by atoms with Gasteiger partial charge in [0.05, 0.1) is 28.2 Å². The van der Waals surface area contributed by atoms with E-state index in [1.807, 2.05) is 4.57 Å². The van der Waals surface area contributed by atoms with E-state index in [0.717, 1.165) is 4.90 Å². The third kappa shape index (κ3) is 5.73. The maximum absolute atomic E-state index is 14.1. The van der Waals surface area contributed by atoms with Gasteiger partial charge in [-0.2, -0.15) is 26.3 Å². The Kier molecular flexibility index (Phi) is 7.57. The number of nitrogens with zero attached hydrogens (tertiary/aromatic N) is 3. The van der Waals surface area contributed by atoms with Crippen LogP contribution in [0.5, 0.6) is 0 Å². The zero-order valence-corrected chi connectivity index (χ0v) is 22.7. The highest BCUT2D eigenvalue weighted by Crippen LogP contribution is 2.42. The zero-order chi connectivity index (χ0) is 31.3. The highest BCUT2D eigenvalue weighted by Gasteiger charge is 2.40. The summed E-state index contributed by atoms with van der Waals surface area (Å²) in [6.07, 6.45) is -8.50. The van der Waals surface area contributed by atoms with Crippen LogP contribution in [-0.4, -0.2) is 33.9 Å². The van der Waals surface area contributed by atoms with Crippen LogP contribution in [-0.2, 0) is 17.1 Å². The van der Waals surface area contributed by atoms with Gasteiger partial charge in [0.1, 0.15) is 18.4 Å². The van der Waals surface area contributed by atoms with Gasteiger partial charge in [-0.05, 0) is 74.0 Å². The van der Waals surface area contributed by atoms with E-state index in [1.54, 1.807) is 42.6 Å². The monoisotopic (exact) mass is 603 g/mol. The number of carbonyl (C=O) groups excluding carboxylic acids is 2. The number of halogens is 7. The van der Waals surface area contributed by atoms with Gasteiger partial charge in [0.15, 0.2) is 0 Å². The zero-order valence-electron chi connectivity index (χ0n) is 22.7. The SMILES string of the molecule is CC(C)N(CC(=O)N1c2ccccc2-n2cccc2C1c1ccc(F)cc1)C(=O)c1cc(C(F)(F)F)cc(C(F)(F)F)c1. The number of hydrogen-bond acceptors (Lipinski definition) is 2. The molecule has 0 fully saturated rings. The Hall–Kier alpha value is -4.61. The Morgan fingerprint density at radius 3 is 1.95 bits per heavy atom. The molecule has 3 aromatic carbocycles. The third-order valence-electron chi connectivity index (χ3n) is 7.20. The first-order valence-electron chi connectivity index (χ1n) is 13.1. The predicted molar refractivity (Wildman–Crippen MR) is 144 cm³/mol.